The summed E-state index contributed by atoms with van der Waals surface area (Å²) in [5.41, 5.74) is 1.86. The van der Waals surface area contributed by atoms with Gasteiger partial charge in [0.15, 0.2) is 0 Å². The second-order valence-electron chi connectivity index (χ2n) is 7.36. The van der Waals surface area contributed by atoms with Crippen molar-refractivity contribution in [3.8, 4) is 0 Å². The van der Waals surface area contributed by atoms with Crippen molar-refractivity contribution >= 4 is 44.8 Å². The number of carbonyl (C=O) groups excluding carboxylic acids is 2. The van der Waals surface area contributed by atoms with Crippen molar-refractivity contribution in [3.63, 3.8) is 0 Å². The summed E-state index contributed by atoms with van der Waals surface area (Å²) in [6.45, 7) is 2.54. The first-order valence-electron chi connectivity index (χ1n) is 10.3. The number of benzene rings is 3. The van der Waals surface area contributed by atoms with Gasteiger partial charge >= 0.3 is 0 Å². The van der Waals surface area contributed by atoms with Crippen LogP contribution in [0.1, 0.15) is 26.3 Å². The first-order valence-corrected chi connectivity index (χ1v) is 12.1. The summed E-state index contributed by atoms with van der Waals surface area (Å²) in [7, 11) is -2.29. The van der Waals surface area contributed by atoms with Gasteiger partial charge in [-0.1, -0.05) is 41.4 Å². The molecule has 2 amide bonds. The molecule has 0 saturated heterocycles. The van der Waals surface area contributed by atoms with E-state index in [0.29, 0.717) is 18.8 Å². The number of ether oxygens (including phenoxy) is 1. The zero-order chi connectivity index (χ0) is 24.7. The van der Waals surface area contributed by atoms with E-state index in [1.54, 1.807) is 36.4 Å². The van der Waals surface area contributed by atoms with E-state index in [-0.39, 0.29) is 32.6 Å². The fourth-order valence-corrected chi connectivity index (χ4v) is 4.35. The lowest BCUT2D eigenvalue weighted by Crippen LogP contribution is -2.28. The van der Waals surface area contributed by atoms with E-state index in [9.17, 15) is 18.0 Å². The molecule has 0 saturated carbocycles. The fraction of sp³-hybridized carbons (Fsp3) is 0.167. The molecule has 0 aliphatic carbocycles. The maximum Gasteiger partial charge on any atom is 0.261 e. The van der Waals surface area contributed by atoms with Gasteiger partial charge in [0.25, 0.3) is 21.8 Å². The molecule has 0 atom stereocenters. The highest BCUT2D eigenvalue weighted by atomic mass is 35.5. The van der Waals surface area contributed by atoms with Gasteiger partial charge in [-0.05, 0) is 49.4 Å². The van der Waals surface area contributed by atoms with Crippen LogP contribution in [0.4, 0.5) is 11.4 Å². The van der Waals surface area contributed by atoms with Crippen LogP contribution in [0.15, 0.2) is 71.6 Å². The molecule has 0 radical (unpaired) electrons. The number of aryl methyl sites for hydroxylation is 1. The SMILES string of the molecule is COCCNC(=O)c1ccccc1NC(=O)c1ccc(NS(=O)(=O)c2ccc(C)cc2)cc1Cl. The lowest BCUT2D eigenvalue weighted by molar-refractivity contribution is 0.0938. The van der Waals surface area contributed by atoms with Gasteiger partial charge in [-0.25, -0.2) is 8.42 Å². The Kier molecular flexibility index (Phi) is 8.27. The third-order valence-electron chi connectivity index (χ3n) is 4.81. The minimum absolute atomic E-state index is 0.0450. The van der Waals surface area contributed by atoms with E-state index < -0.39 is 15.9 Å². The Morgan fingerprint density at radius 2 is 1.65 bits per heavy atom. The van der Waals surface area contributed by atoms with Crippen molar-refractivity contribution < 1.29 is 22.7 Å². The van der Waals surface area contributed by atoms with Gasteiger partial charge in [-0.3, -0.25) is 14.3 Å². The second-order valence-corrected chi connectivity index (χ2v) is 9.45. The standard InChI is InChI=1S/C24H24ClN3O5S/c1-16-7-10-18(11-8-16)34(31,32)28-17-9-12-19(21(25)15-17)24(30)27-22-6-4-3-5-20(22)23(29)26-13-14-33-2/h3-12,15,28H,13-14H2,1-2H3,(H,26,29)(H,27,30). The molecule has 10 heteroatoms. The van der Waals surface area contributed by atoms with E-state index in [2.05, 4.69) is 15.4 Å². The Balaban J connectivity index is 1.75. The number of halogens is 1. The van der Waals surface area contributed by atoms with Crippen LogP contribution in [0.5, 0.6) is 0 Å². The van der Waals surface area contributed by atoms with E-state index in [4.69, 9.17) is 16.3 Å². The zero-order valence-corrected chi connectivity index (χ0v) is 20.2. The number of hydrogen-bond acceptors (Lipinski definition) is 5. The summed E-state index contributed by atoms with van der Waals surface area (Å²) in [4.78, 5) is 25.4. The third-order valence-corrected chi connectivity index (χ3v) is 6.52. The summed E-state index contributed by atoms with van der Waals surface area (Å²) >= 11 is 6.28. The van der Waals surface area contributed by atoms with Crippen molar-refractivity contribution in [2.75, 3.05) is 30.3 Å². The van der Waals surface area contributed by atoms with E-state index >= 15 is 0 Å². The highest BCUT2D eigenvalue weighted by Gasteiger charge is 2.18. The summed E-state index contributed by atoms with van der Waals surface area (Å²) in [5.74, 6) is -0.907. The molecular weight excluding hydrogens is 478 g/mol. The highest BCUT2D eigenvalue weighted by molar-refractivity contribution is 7.92. The van der Waals surface area contributed by atoms with E-state index in [1.807, 2.05) is 6.92 Å². The quantitative estimate of drug-likeness (QED) is 0.382. The average Bonchev–Trinajstić information content (AvgIpc) is 2.79. The molecule has 3 rings (SSSR count). The van der Waals surface area contributed by atoms with E-state index in [1.165, 1.54) is 37.4 Å². The summed E-state index contributed by atoms with van der Waals surface area (Å²) < 4.78 is 32.6. The monoisotopic (exact) mass is 501 g/mol. The topological polar surface area (TPSA) is 114 Å². The molecule has 0 spiro atoms. The number of nitrogens with one attached hydrogen (secondary N) is 3. The van der Waals surface area contributed by atoms with Crippen LogP contribution in [0.25, 0.3) is 0 Å². The Hall–Kier alpha value is -3.40. The molecule has 3 N–H and O–H groups in total. The molecule has 0 bridgehead atoms. The molecule has 8 nitrogen and oxygen atoms in total. The Labute approximate surface area is 203 Å². The number of carbonyl (C=O) groups is 2. The molecule has 0 aliphatic rings. The Morgan fingerprint density at radius 3 is 2.32 bits per heavy atom. The van der Waals surface area contributed by atoms with Crippen molar-refractivity contribution in [1.29, 1.82) is 0 Å². The number of amides is 2. The Morgan fingerprint density at radius 1 is 0.941 bits per heavy atom. The van der Waals surface area contributed by atoms with Crippen molar-refractivity contribution in [2.24, 2.45) is 0 Å². The van der Waals surface area contributed by atoms with Crippen LogP contribution in [-0.4, -0.2) is 40.5 Å². The van der Waals surface area contributed by atoms with Crippen LogP contribution in [0.3, 0.4) is 0 Å². The number of sulfonamides is 1. The van der Waals surface area contributed by atoms with Crippen LogP contribution in [-0.2, 0) is 14.8 Å². The van der Waals surface area contributed by atoms with Gasteiger partial charge in [0.1, 0.15) is 0 Å². The number of rotatable bonds is 9. The summed E-state index contributed by atoms with van der Waals surface area (Å²) in [5, 5.41) is 5.43. The maximum atomic E-state index is 12.8. The van der Waals surface area contributed by atoms with E-state index in [0.717, 1.165) is 5.56 Å². The van der Waals surface area contributed by atoms with Crippen LogP contribution in [0, 0.1) is 6.92 Å². The minimum Gasteiger partial charge on any atom is -0.383 e. The lowest BCUT2D eigenvalue weighted by Gasteiger charge is -2.13. The van der Waals surface area contributed by atoms with Gasteiger partial charge in [0.2, 0.25) is 0 Å². The van der Waals surface area contributed by atoms with Gasteiger partial charge < -0.3 is 15.4 Å². The van der Waals surface area contributed by atoms with Crippen LogP contribution < -0.4 is 15.4 Å². The first kappa shape index (κ1) is 25.2. The molecule has 178 valence electrons. The summed E-state index contributed by atoms with van der Waals surface area (Å²) in [6.07, 6.45) is 0. The number of methoxy groups -OCH3 is 1. The molecule has 0 aliphatic heterocycles. The van der Waals surface area contributed by atoms with Crippen LogP contribution >= 0.6 is 11.6 Å². The molecule has 3 aromatic rings. The normalized spacial score (nSPS) is 11.0. The number of hydrogen-bond donors (Lipinski definition) is 3. The number of anilines is 2. The third kappa shape index (κ3) is 6.34. The lowest BCUT2D eigenvalue weighted by atomic mass is 10.1. The largest absolute Gasteiger partial charge is 0.383 e. The summed E-state index contributed by atoms with van der Waals surface area (Å²) in [6, 6.07) is 17.2. The first-order chi connectivity index (χ1) is 16.2. The predicted molar refractivity (Wildman–Crippen MR) is 132 cm³/mol. The molecule has 0 unspecified atom stereocenters. The molecule has 0 heterocycles. The predicted octanol–water partition coefficient (Wildman–Crippen LogP) is 4.08. The van der Waals surface area contributed by atoms with Gasteiger partial charge in [0.05, 0.1) is 39.0 Å². The van der Waals surface area contributed by atoms with Crippen molar-refractivity contribution in [1.82, 2.24) is 5.32 Å². The molecule has 34 heavy (non-hydrogen) atoms. The second kappa shape index (κ2) is 11.1. The fourth-order valence-electron chi connectivity index (χ4n) is 3.04. The smallest absolute Gasteiger partial charge is 0.261 e. The Bertz CT molecular complexity index is 1290. The van der Waals surface area contributed by atoms with Crippen molar-refractivity contribution in [3.05, 3.63) is 88.4 Å². The zero-order valence-electron chi connectivity index (χ0n) is 18.6. The molecule has 0 fully saturated rings. The molecule has 3 aromatic carbocycles. The van der Waals surface area contributed by atoms with Gasteiger partial charge in [0, 0.05) is 13.7 Å². The highest BCUT2D eigenvalue weighted by Crippen LogP contribution is 2.25. The number of para-hydroxylation sites is 1. The van der Waals surface area contributed by atoms with Crippen LogP contribution in [0.2, 0.25) is 5.02 Å². The minimum atomic E-state index is -3.82. The average molecular weight is 502 g/mol. The molecule has 0 aromatic heterocycles. The van der Waals surface area contributed by atoms with Crippen molar-refractivity contribution in [2.45, 2.75) is 11.8 Å². The molecular formula is C24H24ClN3O5S. The van der Waals surface area contributed by atoms with Gasteiger partial charge in [-0.2, -0.15) is 0 Å². The maximum absolute atomic E-state index is 12.8. The van der Waals surface area contributed by atoms with Gasteiger partial charge in [-0.15, -0.1) is 0 Å².